The quantitative estimate of drug-likeness (QED) is 0.327. The highest BCUT2D eigenvalue weighted by molar-refractivity contribution is 6.22. The number of ether oxygens (including phenoxy) is 2. The first kappa shape index (κ1) is 24.6. The molecule has 0 radical (unpaired) electrons. The van der Waals surface area contributed by atoms with Crippen LogP contribution in [0.25, 0.3) is 0 Å². The lowest BCUT2D eigenvalue weighted by molar-refractivity contribution is -0.127. The largest absolute Gasteiger partial charge is 0.449 e. The number of carbonyl (C=O) groups excluding carboxylic acids is 5. The zero-order valence-corrected chi connectivity index (χ0v) is 18.8. The summed E-state index contributed by atoms with van der Waals surface area (Å²) < 4.78 is 10.1. The Bertz CT molecular complexity index is 1100. The van der Waals surface area contributed by atoms with Crippen molar-refractivity contribution in [3.8, 4) is 0 Å². The van der Waals surface area contributed by atoms with Gasteiger partial charge in [0.2, 0.25) is 0 Å². The molecule has 1 aliphatic rings. The van der Waals surface area contributed by atoms with E-state index in [9.17, 15) is 24.0 Å². The molecule has 0 saturated carbocycles. The molecule has 3 rings (SSSR count). The number of fused-ring (bicyclic) bond motifs is 1. The van der Waals surface area contributed by atoms with Gasteiger partial charge >= 0.3 is 12.0 Å². The third-order valence-corrected chi connectivity index (χ3v) is 5.12. The molecule has 0 aliphatic carbocycles. The number of nitrogens with one attached hydrogen (secondary N) is 2. The minimum absolute atomic E-state index is 0.00632. The van der Waals surface area contributed by atoms with E-state index < -0.39 is 35.8 Å². The first-order valence-electron chi connectivity index (χ1n) is 10.6. The Hall–Kier alpha value is -4.05. The van der Waals surface area contributed by atoms with Crippen molar-refractivity contribution in [1.29, 1.82) is 0 Å². The summed E-state index contributed by atoms with van der Waals surface area (Å²) in [7, 11) is 1.53. The SMILES string of the molecule is COCCCN1C(=O)c2ccc(C(=O)OC(C)C(=O)NC(=O)NCc3ccccc3)cc2C1=O. The average Bonchev–Trinajstić information content (AvgIpc) is 3.07. The number of esters is 1. The van der Waals surface area contributed by atoms with E-state index in [1.807, 2.05) is 30.3 Å². The van der Waals surface area contributed by atoms with Gasteiger partial charge in [0, 0.05) is 26.8 Å². The monoisotopic (exact) mass is 467 g/mol. The number of hydrogen-bond donors (Lipinski definition) is 2. The molecule has 5 amide bonds. The van der Waals surface area contributed by atoms with E-state index >= 15 is 0 Å². The predicted octanol–water partition coefficient (Wildman–Crippen LogP) is 1.89. The summed E-state index contributed by atoms with van der Waals surface area (Å²) >= 11 is 0. The topological polar surface area (TPSA) is 131 Å². The molecule has 0 fully saturated rings. The first-order chi connectivity index (χ1) is 16.3. The van der Waals surface area contributed by atoms with Crippen LogP contribution >= 0.6 is 0 Å². The van der Waals surface area contributed by atoms with Crippen molar-refractivity contribution in [2.75, 3.05) is 20.3 Å². The van der Waals surface area contributed by atoms with Crippen molar-refractivity contribution in [2.24, 2.45) is 0 Å². The summed E-state index contributed by atoms with van der Waals surface area (Å²) in [5, 5.41) is 4.65. The standard InChI is InChI=1S/C24H25N3O7/c1-15(20(28)26-24(32)25-14-16-7-4-3-5-8-16)34-23(31)17-9-10-18-19(13-17)22(30)27(21(18)29)11-6-12-33-2/h3-5,7-10,13,15H,6,11-12,14H2,1-2H3,(H2,25,26,28,32). The number of nitrogens with zero attached hydrogens (tertiary/aromatic N) is 1. The fraction of sp³-hybridized carbons (Fsp3) is 0.292. The minimum atomic E-state index is -1.27. The zero-order valence-electron chi connectivity index (χ0n) is 18.8. The minimum Gasteiger partial charge on any atom is -0.449 e. The maximum Gasteiger partial charge on any atom is 0.338 e. The second kappa shape index (κ2) is 11.2. The van der Waals surface area contributed by atoms with Crippen molar-refractivity contribution in [2.45, 2.75) is 26.0 Å². The molecule has 0 bridgehead atoms. The molecule has 0 saturated heterocycles. The Morgan fingerprint density at radius 1 is 1.00 bits per heavy atom. The van der Waals surface area contributed by atoms with E-state index in [0.717, 1.165) is 10.5 Å². The third kappa shape index (κ3) is 5.84. The van der Waals surface area contributed by atoms with E-state index in [-0.39, 0.29) is 29.8 Å². The Morgan fingerprint density at radius 3 is 2.41 bits per heavy atom. The van der Waals surface area contributed by atoms with Crippen LogP contribution in [-0.2, 0) is 20.8 Å². The molecule has 1 unspecified atom stereocenters. The lowest BCUT2D eigenvalue weighted by Crippen LogP contribution is -2.44. The van der Waals surface area contributed by atoms with Crippen LogP contribution in [0.5, 0.6) is 0 Å². The molecular weight excluding hydrogens is 442 g/mol. The normalized spacial score (nSPS) is 13.3. The van der Waals surface area contributed by atoms with Gasteiger partial charge in [-0.1, -0.05) is 30.3 Å². The molecule has 2 aromatic rings. The zero-order chi connectivity index (χ0) is 24.7. The fourth-order valence-electron chi connectivity index (χ4n) is 3.31. The number of hydrogen-bond acceptors (Lipinski definition) is 7. The van der Waals surface area contributed by atoms with E-state index in [4.69, 9.17) is 9.47 Å². The van der Waals surface area contributed by atoms with Crippen LogP contribution in [0.3, 0.4) is 0 Å². The Labute approximate surface area is 196 Å². The van der Waals surface area contributed by atoms with Crippen LogP contribution in [0.1, 0.15) is 50.0 Å². The van der Waals surface area contributed by atoms with Crippen LogP contribution in [-0.4, -0.2) is 61.0 Å². The molecular formula is C24H25N3O7. The summed E-state index contributed by atoms with van der Waals surface area (Å²) in [6, 6.07) is 12.4. The molecule has 178 valence electrons. The number of rotatable bonds is 9. The van der Waals surface area contributed by atoms with Gasteiger partial charge in [0.1, 0.15) is 0 Å². The van der Waals surface area contributed by atoms with Gasteiger partial charge in [0.25, 0.3) is 17.7 Å². The van der Waals surface area contributed by atoms with Crippen molar-refractivity contribution >= 4 is 29.7 Å². The number of amides is 5. The van der Waals surface area contributed by atoms with Gasteiger partial charge in [0.05, 0.1) is 16.7 Å². The predicted molar refractivity (Wildman–Crippen MR) is 120 cm³/mol. The van der Waals surface area contributed by atoms with Crippen LogP contribution in [0.2, 0.25) is 0 Å². The number of benzene rings is 2. The Morgan fingerprint density at radius 2 is 1.71 bits per heavy atom. The number of urea groups is 1. The lowest BCUT2D eigenvalue weighted by Gasteiger charge is -2.13. The molecule has 10 nitrogen and oxygen atoms in total. The van der Waals surface area contributed by atoms with Crippen LogP contribution in [0.4, 0.5) is 4.79 Å². The molecule has 1 atom stereocenters. The van der Waals surface area contributed by atoms with Gasteiger partial charge in [-0.3, -0.25) is 24.6 Å². The van der Waals surface area contributed by atoms with Crippen LogP contribution in [0.15, 0.2) is 48.5 Å². The molecule has 2 aromatic carbocycles. The highest BCUT2D eigenvalue weighted by Gasteiger charge is 2.36. The molecule has 0 aromatic heterocycles. The number of carbonyl (C=O) groups is 5. The molecule has 1 heterocycles. The molecule has 10 heteroatoms. The van der Waals surface area contributed by atoms with Crippen molar-refractivity contribution in [3.05, 3.63) is 70.8 Å². The van der Waals surface area contributed by atoms with Gasteiger partial charge in [0.15, 0.2) is 6.10 Å². The van der Waals surface area contributed by atoms with Crippen LogP contribution in [0, 0.1) is 0 Å². The maximum absolute atomic E-state index is 12.6. The second-order valence-corrected chi connectivity index (χ2v) is 7.57. The van der Waals surface area contributed by atoms with E-state index in [2.05, 4.69) is 10.6 Å². The molecule has 2 N–H and O–H groups in total. The highest BCUT2D eigenvalue weighted by Crippen LogP contribution is 2.24. The second-order valence-electron chi connectivity index (χ2n) is 7.57. The lowest BCUT2D eigenvalue weighted by atomic mass is 10.1. The average molecular weight is 467 g/mol. The van der Waals surface area contributed by atoms with Crippen LogP contribution < -0.4 is 10.6 Å². The smallest absolute Gasteiger partial charge is 0.338 e. The Kier molecular flexibility index (Phi) is 8.10. The third-order valence-electron chi connectivity index (χ3n) is 5.12. The fourth-order valence-corrected chi connectivity index (χ4v) is 3.31. The molecule has 1 aliphatic heterocycles. The molecule has 0 spiro atoms. The summed E-state index contributed by atoms with van der Waals surface area (Å²) in [6.45, 7) is 2.13. The van der Waals surface area contributed by atoms with Gasteiger partial charge in [-0.2, -0.15) is 0 Å². The van der Waals surface area contributed by atoms with Gasteiger partial charge in [-0.25, -0.2) is 9.59 Å². The summed E-state index contributed by atoms with van der Waals surface area (Å²) in [5.41, 5.74) is 1.15. The number of methoxy groups -OCH3 is 1. The van der Waals surface area contributed by atoms with Gasteiger partial charge in [-0.15, -0.1) is 0 Å². The molecule has 34 heavy (non-hydrogen) atoms. The van der Waals surface area contributed by atoms with Crippen molar-refractivity contribution < 1.29 is 33.4 Å². The highest BCUT2D eigenvalue weighted by atomic mass is 16.5. The van der Waals surface area contributed by atoms with E-state index in [0.29, 0.717) is 13.0 Å². The van der Waals surface area contributed by atoms with E-state index in [1.165, 1.54) is 32.2 Å². The maximum atomic E-state index is 12.6. The summed E-state index contributed by atoms with van der Waals surface area (Å²) in [4.78, 5) is 62.8. The van der Waals surface area contributed by atoms with E-state index in [1.54, 1.807) is 0 Å². The first-order valence-corrected chi connectivity index (χ1v) is 10.6. The number of imide groups is 2. The van der Waals surface area contributed by atoms with Gasteiger partial charge in [-0.05, 0) is 37.1 Å². The van der Waals surface area contributed by atoms with Crippen molar-refractivity contribution in [3.63, 3.8) is 0 Å². The summed E-state index contributed by atoms with van der Waals surface area (Å²) in [6.07, 6.45) is -0.784. The Balaban J connectivity index is 1.55. The van der Waals surface area contributed by atoms with Gasteiger partial charge < -0.3 is 14.8 Å². The summed E-state index contributed by atoms with van der Waals surface area (Å²) in [5.74, 6) is -2.62. The van der Waals surface area contributed by atoms with Crippen molar-refractivity contribution in [1.82, 2.24) is 15.5 Å².